The smallest absolute Gasteiger partial charge is 0.261 e. The molecule has 0 saturated heterocycles. The Balaban J connectivity index is 1.62. The first kappa shape index (κ1) is 17.3. The predicted molar refractivity (Wildman–Crippen MR) is 98.6 cm³/mol. The average Bonchev–Trinajstić information content (AvgIpc) is 3.33. The van der Waals surface area contributed by atoms with E-state index in [9.17, 15) is 4.79 Å². The minimum Gasteiger partial charge on any atom is -0.484 e. The molecule has 0 aliphatic carbocycles. The number of benzene rings is 1. The fourth-order valence-corrected chi connectivity index (χ4v) is 3.19. The third-order valence-corrected chi connectivity index (χ3v) is 4.76. The van der Waals surface area contributed by atoms with Crippen LogP contribution in [0.4, 0.5) is 0 Å². The highest BCUT2D eigenvalue weighted by atomic mass is 32.1. The molecule has 1 aromatic carbocycles. The molecule has 0 bridgehead atoms. The number of thiophene rings is 1. The lowest BCUT2D eigenvalue weighted by atomic mass is 10.2. The normalized spacial score (nSPS) is 10.6. The molecule has 5 heteroatoms. The molecule has 0 radical (unpaired) electrons. The van der Waals surface area contributed by atoms with E-state index >= 15 is 0 Å². The molecular weight excluding hydrogens is 334 g/mol. The summed E-state index contributed by atoms with van der Waals surface area (Å²) in [6.07, 6.45) is 2.60. The van der Waals surface area contributed by atoms with E-state index in [1.807, 2.05) is 53.9 Å². The van der Waals surface area contributed by atoms with E-state index in [0.29, 0.717) is 18.8 Å². The molecule has 0 unspecified atom stereocenters. The van der Waals surface area contributed by atoms with Crippen molar-refractivity contribution in [3.8, 4) is 5.75 Å². The number of amides is 1. The minimum atomic E-state index is -0.0654. The maximum absolute atomic E-state index is 12.7. The van der Waals surface area contributed by atoms with Crippen LogP contribution in [-0.4, -0.2) is 17.4 Å². The highest BCUT2D eigenvalue weighted by molar-refractivity contribution is 7.09. The van der Waals surface area contributed by atoms with Gasteiger partial charge in [0.1, 0.15) is 11.5 Å². The number of nitrogens with zero attached hydrogens (tertiary/aromatic N) is 1. The fraction of sp³-hybridized carbons (Fsp3) is 0.250. The second-order valence-corrected chi connectivity index (χ2v) is 6.73. The first-order valence-corrected chi connectivity index (χ1v) is 9.17. The molecule has 1 amide bonds. The van der Waals surface area contributed by atoms with Crippen LogP contribution in [-0.2, 0) is 24.3 Å². The summed E-state index contributed by atoms with van der Waals surface area (Å²) in [5.41, 5.74) is 1.25. The van der Waals surface area contributed by atoms with Crippen molar-refractivity contribution in [1.82, 2.24) is 4.90 Å². The maximum Gasteiger partial charge on any atom is 0.261 e. The standard InChI is InChI=1S/C20H21NO3S/c1-2-16-7-9-17(10-8-16)24-15-20(22)21(13-18-5-3-11-23-18)14-19-6-4-12-25-19/h3-12H,2,13-15H2,1H3. The molecule has 25 heavy (non-hydrogen) atoms. The first-order valence-electron chi connectivity index (χ1n) is 8.29. The largest absolute Gasteiger partial charge is 0.484 e. The monoisotopic (exact) mass is 355 g/mol. The average molecular weight is 355 g/mol. The van der Waals surface area contributed by atoms with Crippen molar-refractivity contribution in [1.29, 1.82) is 0 Å². The Morgan fingerprint density at radius 1 is 1.12 bits per heavy atom. The molecule has 0 fully saturated rings. The highest BCUT2D eigenvalue weighted by Gasteiger charge is 2.17. The summed E-state index contributed by atoms with van der Waals surface area (Å²) in [4.78, 5) is 15.5. The Morgan fingerprint density at radius 2 is 1.96 bits per heavy atom. The third kappa shape index (κ3) is 4.97. The molecule has 2 heterocycles. The van der Waals surface area contributed by atoms with Crippen LogP contribution in [0.2, 0.25) is 0 Å². The van der Waals surface area contributed by atoms with Gasteiger partial charge >= 0.3 is 0 Å². The van der Waals surface area contributed by atoms with Crippen molar-refractivity contribution in [3.05, 3.63) is 76.4 Å². The van der Waals surface area contributed by atoms with E-state index < -0.39 is 0 Å². The molecule has 2 aromatic heterocycles. The van der Waals surface area contributed by atoms with Gasteiger partial charge in [0.25, 0.3) is 5.91 Å². The summed E-state index contributed by atoms with van der Waals surface area (Å²) < 4.78 is 11.1. The van der Waals surface area contributed by atoms with E-state index in [1.54, 1.807) is 22.5 Å². The van der Waals surface area contributed by atoms with Crippen LogP contribution in [0.1, 0.15) is 23.1 Å². The number of rotatable bonds is 8. The summed E-state index contributed by atoms with van der Waals surface area (Å²) >= 11 is 1.63. The zero-order valence-electron chi connectivity index (χ0n) is 14.2. The van der Waals surface area contributed by atoms with Gasteiger partial charge in [-0.25, -0.2) is 0 Å². The predicted octanol–water partition coefficient (Wildman–Crippen LogP) is 4.51. The summed E-state index contributed by atoms with van der Waals surface area (Å²) in [5.74, 6) is 1.40. The lowest BCUT2D eigenvalue weighted by Crippen LogP contribution is -2.33. The Hall–Kier alpha value is -2.53. The van der Waals surface area contributed by atoms with Gasteiger partial charge in [-0.2, -0.15) is 0 Å². The second kappa shape index (κ2) is 8.53. The number of aryl methyl sites for hydroxylation is 1. The van der Waals surface area contributed by atoms with Gasteiger partial charge in [0.05, 0.1) is 19.4 Å². The molecule has 4 nitrogen and oxygen atoms in total. The van der Waals surface area contributed by atoms with Crippen LogP contribution < -0.4 is 4.74 Å². The minimum absolute atomic E-state index is 0.0115. The third-order valence-electron chi connectivity index (χ3n) is 3.90. The topological polar surface area (TPSA) is 42.7 Å². The van der Waals surface area contributed by atoms with Crippen molar-refractivity contribution >= 4 is 17.2 Å². The van der Waals surface area contributed by atoms with Crippen LogP contribution in [0.3, 0.4) is 0 Å². The van der Waals surface area contributed by atoms with Crippen molar-refractivity contribution in [3.63, 3.8) is 0 Å². The summed E-state index contributed by atoms with van der Waals surface area (Å²) in [6, 6.07) is 15.6. The SMILES string of the molecule is CCc1ccc(OCC(=O)N(Cc2ccco2)Cc2cccs2)cc1. The molecule has 130 valence electrons. The van der Waals surface area contributed by atoms with Crippen LogP contribution in [0.15, 0.2) is 64.6 Å². The van der Waals surface area contributed by atoms with Crippen molar-refractivity contribution < 1.29 is 13.9 Å². The van der Waals surface area contributed by atoms with E-state index in [2.05, 4.69) is 6.92 Å². The van der Waals surface area contributed by atoms with Crippen LogP contribution in [0.25, 0.3) is 0 Å². The lowest BCUT2D eigenvalue weighted by Gasteiger charge is -2.21. The number of furan rings is 1. The van der Waals surface area contributed by atoms with Gasteiger partial charge in [-0.1, -0.05) is 25.1 Å². The number of carbonyl (C=O) groups excluding carboxylic acids is 1. The van der Waals surface area contributed by atoms with Gasteiger partial charge in [0.15, 0.2) is 6.61 Å². The molecular formula is C20H21NO3S. The lowest BCUT2D eigenvalue weighted by molar-refractivity contribution is -0.134. The molecule has 3 rings (SSSR count). The van der Waals surface area contributed by atoms with Gasteiger partial charge in [0, 0.05) is 4.88 Å². The number of ether oxygens (including phenoxy) is 1. The quantitative estimate of drug-likeness (QED) is 0.597. The zero-order chi connectivity index (χ0) is 17.5. The van der Waals surface area contributed by atoms with Gasteiger partial charge in [0.2, 0.25) is 0 Å². The number of hydrogen-bond acceptors (Lipinski definition) is 4. The summed E-state index contributed by atoms with van der Waals surface area (Å²) in [6.45, 7) is 3.10. The Morgan fingerprint density at radius 3 is 2.60 bits per heavy atom. The van der Waals surface area contributed by atoms with Crippen molar-refractivity contribution in [2.24, 2.45) is 0 Å². The van der Waals surface area contributed by atoms with Crippen LogP contribution in [0.5, 0.6) is 5.75 Å². The second-order valence-electron chi connectivity index (χ2n) is 5.69. The molecule has 0 saturated carbocycles. The molecule has 0 atom stereocenters. The van der Waals surface area contributed by atoms with E-state index in [1.165, 1.54) is 5.56 Å². The maximum atomic E-state index is 12.7. The first-order chi connectivity index (χ1) is 12.2. The Labute approximate surface area is 151 Å². The Bertz CT molecular complexity index is 728. The molecule has 0 N–H and O–H groups in total. The Kier molecular flexibility index (Phi) is 5.90. The number of hydrogen-bond donors (Lipinski definition) is 0. The summed E-state index contributed by atoms with van der Waals surface area (Å²) in [7, 11) is 0. The van der Waals surface area contributed by atoms with E-state index in [4.69, 9.17) is 9.15 Å². The van der Waals surface area contributed by atoms with Crippen LogP contribution >= 0.6 is 11.3 Å². The molecule has 0 spiro atoms. The summed E-state index contributed by atoms with van der Waals surface area (Å²) in [5, 5.41) is 2.01. The van der Waals surface area contributed by atoms with Crippen molar-refractivity contribution in [2.75, 3.05) is 6.61 Å². The molecule has 0 aliphatic rings. The zero-order valence-corrected chi connectivity index (χ0v) is 15.0. The number of carbonyl (C=O) groups is 1. The highest BCUT2D eigenvalue weighted by Crippen LogP contribution is 2.16. The van der Waals surface area contributed by atoms with Crippen molar-refractivity contribution in [2.45, 2.75) is 26.4 Å². The fourth-order valence-electron chi connectivity index (χ4n) is 2.47. The molecule has 0 aliphatic heterocycles. The van der Waals surface area contributed by atoms with Gasteiger partial charge in [-0.3, -0.25) is 4.79 Å². The van der Waals surface area contributed by atoms with Gasteiger partial charge in [-0.15, -0.1) is 11.3 Å². The van der Waals surface area contributed by atoms with Gasteiger partial charge < -0.3 is 14.1 Å². The van der Waals surface area contributed by atoms with Crippen LogP contribution in [0, 0.1) is 0 Å². The van der Waals surface area contributed by atoms with E-state index in [-0.39, 0.29) is 12.5 Å². The van der Waals surface area contributed by atoms with E-state index in [0.717, 1.165) is 17.1 Å². The molecule has 3 aromatic rings. The van der Waals surface area contributed by atoms with Gasteiger partial charge in [-0.05, 0) is 47.7 Å².